The van der Waals surface area contributed by atoms with Crippen molar-refractivity contribution in [2.24, 2.45) is 0 Å². The Balaban J connectivity index is 1.31. The van der Waals surface area contributed by atoms with E-state index >= 15 is 0 Å². The molecule has 138 valence electrons. The molecule has 2 N–H and O–H groups in total. The van der Waals surface area contributed by atoms with Gasteiger partial charge in [-0.05, 0) is 36.1 Å². The van der Waals surface area contributed by atoms with Crippen LogP contribution in [0.4, 0.5) is 4.79 Å². The number of amides is 2. The number of hydrogen-bond donors (Lipinski definition) is 2. The lowest BCUT2D eigenvalue weighted by atomic mass is 10.1. The molecular weight excluding hydrogens is 328 g/mol. The van der Waals surface area contributed by atoms with Crippen molar-refractivity contribution in [2.45, 2.75) is 32.4 Å². The second-order valence-electron chi connectivity index (χ2n) is 6.59. The summed E-state index contributed by atoms with van der Waals surface area (Å²) in [5.74, 6) is 0.990. The van der Waals surface area contributed by atoms with Crippen LogP contribution >= 0.6 is 0 Å². The molecule has 0 radical (unpaired) electrons. The molecule has 0 spiro atoms. The Bertz CT molecular complexity index is 718. The standard InChI is InChI=1S/C21H26N2O3/c1-16(14-25-15-18-5-3-2-4-6-18)23-21(24)22-11-9-17-7-8-20-19(13-17)10-12-26-20/h2-8,13,16H,9-12,14-15H2,1H3,(H2,22,23,24)/t16-/m1/s1. The molecule has 2 aromatic carbocycles. The van der Waals surface area contributed by atoms with Gasteiger partial charge in [-0.15, -0.1) is 0 Å². The predicted molar refractivity (Wildman–Crippen MR) is 101 cm³/mol. The maximum atomic E-state index is 12.0. The van der Waals surface area contributed by atoms with Gasteiger partial charge in [0.05, 0.1) is 25.9 Å². The van der Waals surface area contributed by atoms with Gasteiger partial charge in [0.2, 0.25) is 0 Å². The summed E-state index contributed by atoms with van der Waals surface area (Å²) < 4.78 is 11.2. The number of carbonyl (C=O) groups excluding carboxylic acids is 1. The highest BCUT2D eigenvalue weighted by Crippen LogP contribution is 2.25. The zero-order valence-electron chi connectivity index (χ0n) is 15.2. The first-order valence-corrected chi connectivity index (χ1v) is 9.11. The van der Waals surface area contributed by atoms with Gasteiger partial charge in [-0.3, -0.25) is 0 Å². The molecule has 0 aromatic heterocycles. The summed E-state index contributed by atoms with van der Waals surface area (Å²) in [7, 11) is 0. The molecular formula is C21H26N2O3. The van der Waals surface area contributed by atoms with Gasteiger partial charge in [0.25, 0.3) is 0 Å². The molecule has 1 heterocycles. The van der Waals surface area contributed by atoms with E-state index in [1.807, 2.05) is 43.3 Å². The van der Waals surface area contributed by atoms with Crippen molar-refractivity contribution in [1.82, 2.24) is 10.6 Å². The van der Waals surface area contributed by atoms with Crippen LogP contribution in [0.3, 0.4) is 0 Å². The quantitative estimate of drug-likeness (QED) is 0.766. The number of nitrogens with one attached hydrogen (secondary N) is 2. The number of ether oxygens (including phenoxy) is 2. The van der Waals surface area contributed by atoms with Crippen molar-refractivity contribution in [2.75, 3.05) is 19.8 Å². The van der Waals surface area contributed by atoms with E-state index < -0.39 is 0 Å². The Labute approximate surface area is 154 Å². The van der Waals surface area contributed by atoms with Gasteiger partial charge in [-0.2, -0.15) is 0 Å². The molecule has 2 aromatic rings. The normalized spacial score (nSPS) is 13.6. The smallest absolute Gasteiger partial charge is 0.315 e. The largest absolute Gasteiger partial charge is 0.493 e. The summed E-state index contributed by atoms with van der Waals surface area (Å²) in [6.07, 6.45) is 1.77. The molecule has 0 fully saturated rings. The first-order valence-electron chi connectivity index (χ1n) is 9.11. The average Bonchev–Trinajstić information content (AvgIpc) is 3.10. The number of benzene rings is 2. The fourth-order valence-electron chi connectivity index (χ4n) is 2.96. The van der Waals surface area contributed by atoms with E-state index in [-0.39, 0.29) is 12.1 Å². The zero-order valence-corrected chi connectivity index (χ0v) is 15.2. The first-order chi connectivity index (χ1) is 12.7. The van der Waals surface area contributed by atoms with Crippen molar-refractivity contribution >= 4 is 6.03 Å². The highest BCUT2D eigenvalue weighted by molar-refractivity contribution is 5.74. The van der Waals surface area contributed by atoms with Gasteiger partial charge in [-0.1, -0.05) is 42.5 Å². The highest BCUT2D eigenvalue weighted by Gasteiger charge is 2.12. The SMILES string of the molecule is C[C@H](COCc1ccccc1)NC(=O)NCCc1ccc2c(c1)CCO2. The van der Waals surface area contributed by atoms with E-state index in [1.54, 1.807) is 0 Å². The minimum atomic E-state index is -0.162. The van der Waals surface area contributed by atoms with E-state index in [2.05, 4.69) is 22.8 Å². The Morgan fingerprint density at radius 2 is 2.04 bits per heavy atom. The molecule has 5 heteroatoms. The lowest BCUT2D eigenvalue weighted by Crippen LogP contribution is -2.43. The summed E-state index contributed by atoms with van der Waals surface area (Å²) in [5, 5.41) is 5.80. The molecule has 0 saturated heterocycles. The van der Waals surface area contributed by atoms with Crippen LogP contribution in [0.25, 0.3) is 0 Å². The summed E-state index contributed by atoms with van der Waals surface area (Å²) in [5.41, 5.74) is 3.61. The van der Waals surface area contributed by atoms with Crippen molar-refractivity contribution < 1.29 is 14.3 Å². The van der Waals surface area contributed by atoms with Crippen LogP contribution in [0.15, 0.2) is 48.5 Å². The predicted octanol–water partition coefficient (Wildman–Crippen LogP) is 3.07. The number of fused-ring (bicyclic) bond motifs is 1. The van der Waals surface area contributed by atoms with Gasteiger partial charge in [-0.25, -0.2) is 4.79 Å². The van der Waals surface area contributed by atoms with Crippen molar-refractivity contribution in [3.8, 4) is 5.75 Å². The second kappa shape index (κ2) is 9.25. The molecule has 2 amide bonds. The maximum Gasteiger partial charge on any atom is 0.315 e. The Hall–Kier alpha value is -2.53. The molecule has 0 aliphatic carbocycles. The number of urea groups is 1. The highest BCUT2D eigenvalue weighted by atomic mass is 16.5. The Morgan fingerprint density at radius 3 is 2.88 bits per heavy atom. The van der Waals surface area contributed by atoms with Gasteiger partial charge < -0.3 is 20.1 Å². The number of rotatable bonds is 8. The molecule has 5 nitrogen and oxygen atoms in total. The third-order valence-corrected chi connectivity index (χ3v) is 4.31. The lowest BCUT2D eigenvalue weighted by molar-refractivity contribution is 0.104. The maximum absolute atomic E-state index is 12.0. The van der Waals surface area contributed by atoms with E-state index in [1.165, 1.54) is 11.1 Å². The van der Waals surface area contributed by atoms with Crippen LogP contribution in [0, 0.1) is 0 Å². The molecule has 1 atom stereocenters. The molecule has 0 unspecified atom stereocenters. The van der Waals surface area contributed by atoms with Crippen molar-refractivity contribution in [1.29, 1.82) is 0 Å². The van der Waals surface area contributed by atoms with Crippen LogP contribution in [0.2, 0.25) is 0 Å². The molecule has 0 saturated carbocycles. The van der Waals surface area contributed by atoms with E-state index in [0.717, 1.165) is 30.8 Å². The van der Waals surface area contributed by atoms with Crippen LogP contribution in [-0.4, -0.2) is 31.8 Å². The monoisotopic (exact) mass is 354 g/mol. The average molecular weight is 354 g/mol. The van der Waals surface area contributed by atoms with Crippen LogP contribution in [-0.2, 0) is 24.2 Å². The lowest BCUT2D eigenvalue weighted by Gasteiger charge is -2.15. The van der Waals surface area contributed by atoms with Crippen molar-refractivity contribution in [3.63, 3.8) is 0 Å². The Morgan fingerprint density at radius 1 is 1.19 bits per heavy atom. The van der Waals surface area contributed by atoms with Crippen LogP contribution in [0.1, 0.15) is 23.6 Å². The van der Waals surface area contributed by atoms with E-state index in [0.29, 0.717) is 19.8 Å². The number of hydrogen-bond acceptors (Lipinski definition) is 3. The van der Waals surface area contributed by atoms with Crippen molar-refractivity contribution in [3.05, 3.63) is 65.2 Å². The van der Waals surface area contributed by atoms with Gasteiger partial charge in [0.15, 0.2) is 0 Å². The minimum Gasteiger partial charge on any atom is -0.493 e. The molecule has 3 rings (SSSR count). The zero-order chi connectivity index (χ0) is 18.2. The van der Waals surface area contributed by atoms with E-state index in [4.69, 9.17) is 9.47 Å². The summed E-state index contributed by atoms with van der Waals surface area (Å²) in [6, 6.07) is 16.0. The third-order valence-electron chi connectivity index (χ3n) is 4.31. The molecule has 26 heavy (non-hydrogen) atoms. The van der Waals surface area contributed by atoms with Gasteiger partial charge in [0.1, 0.15) is 5.75 Å². The molecule has 1 aliphatic rings. The Kier molecular flexibility index (Phi) is 6.50. The minimum absolute atomic E-state index is 0.0455. The van der Waals surface area contributed by atoms with Crippen LogP contribution < -0.4 is 15.4 Å². The van der Waals surface area contributed by atoms with Gasteiger partial charge >= 0.3 is 6.03 Å². The fraction of sp³-hybridized carbons (Fsp3) is 0.381. The summed E-state index contributed by atoms with van der Waals surface area (Å²) in [6.45, 7) is 4.33. The first kappa shape index (κ1) is 18.3. The third kappa shape index (κ3) is 5.49. The van der Waals surface area contributed by atoms with Crippen LogP contribution in [0.5, 0.6) is 5.75 Å². The second-order valence-corrected chi connectivity index (χ2v) is 6.59. The summed E-state index contributed by atoms with van der Waals surface area (Å²) >= 11 is 0. The van der Waals surface area contributed by atoms with E-state index in [9.17, 15) is 4.79 Å². The fourth-order valence-corrected chi connectivity index (χ4v) is 2.96. The summed E-state index contributed by atoms with van der Waals surface area (Å²) in [4.78, 5) is 12.0. The number of carbonyl (C=O) groups is 1. The van der Waals surface area contributed by atoms with Gasteiger partial charge in [0, 0.05) is 13.0 Å². The molecule has 1 aliphatic heterocycles. The molecule has 0 bridgehead atoms. The topological polar surface area (TPSA) is 59.6 Å².